The van der Waals surface area contributed by atoms with Crippen molar-refractivity contribution in [3.63, 3.8) is 0 Å². The van der Waals surface area contributed by atoms with Crippen molar-refractivity contribution in [3.05, 3.63) is 148 Å². The largest absolute Gasteiger partial charge is 0.497 e. The Morgan fingerprint density at radius 3 is 1.20 bits per heavy atom. The molecule has 2 amide bonds. The van der Waals surface area contributed by atoms with E-state index in [-0.39, 0.29) is 11.8 Å². The smallest absolute Gasteiger partial charge is 0.261 e. The number of methoxy groups -OCH3 is 2. The fourth-order valence-electron chi connectivity index (χ4n) is 7.20. The van der Waals surface area contributed by atoms with Gasteiger partial charge in [0.1, 0.15) is 11.5 Å². The zero-order valence-corrected chi connectivity index (χ0v) is 32.7. The van der Waals surface area contributed by atoms with E-state index in [1.807, 2.05) is 94.7 Å². The van der Waals surface area contributed by atoms with Crippen LogP contribution >= 0.6 is 15.9 Å². The molecular formula is C46H44BrN3O4. The summed E-state index contributed by atoms with van der Waals surface area (Å²) in [6, 6.07) is 40.6. The minimum absolute atomic E-state index is 0.100. The summed E-state index contributed by atoms with van der Waals surface area (Å²) >= 11 is 3.54. The molecule has 2 aliphatic rings. The van der Waals surface area contributed by atoms with Crippen molar-refractivity contribution in [2.24, 2.45) is 0 Å². The molecule has 0 saturated heterocycles. The van der Waals surface area contributed by atoms with Crippen LogP contribution in [0, 0.1) is 0 Å². The topological polar surface area (TPSA) is 62.3 Å². The van der Waals surface area contributed by atoms with Crippen molar-refractivity contribution >= 4 is 56.2 Å². The van der Waals surface area contributed by atoms with Crippen LogP contribution in [0.5, 0.6) is 11.5 Å². The lowest BCUT2D eigenvalue weighted by Crippen LogP contribution is -2.31. The van der Waals surface area contributed by atoms with Crippen molar-refractivity contribution in [3.8, 4) is 22.6 Å². The van der Waals surface area contributed by atoms with Gasteiger partial charge in [0.2, 0.25) is 0 Å². The van der Waals surface area contributed by atoms with E-state index in [0.29, 0.717) is 35.6 Å². The predicted octanol–water partition coefficient (Wildman–Crippen LogP) is 11.0. The minimum atomic E-state index is -0.100. The SMILES string of the molecule is CCCCN1C(=O)C2=C(c3ccc(-c4ccc(N(c5ccc(OC)cc5)c5ccc(OC)cc5)cc4)cc3)N(CCCC)C(=O)C2=C1c1ccc(Br)cc1. The van der Waals surface area contributed by atoms with Crippen molar-refractivity contribution < 1.29 is 19.1 Å². The van der Waals surface area contributed by atoms with Crippen molar-refractivity contribution in [1.29, 1.82) is 0 Å². The lowest BCUT2D eigenvalue weighted by Gasteiger charge is -2.26. The number of carbonyl (C=O) groups is 2. The Kier molecular flexibility index (Phi) is 11.0. The van der Waals surface area contributed by atoms with Gasteiger partial charge < -0.3 is 24.2 Å². The molecule has 0 saturated carbocycles. The normalized spacial score (nSPS) is 13.9. The summed E-state index contributed by atoms with van der Waals surface area (Å²) in [5, 5.41) is 0. The summed E-state index contributed by atoms with van der Waals surface area (Å²) in [7, 11) is 3.33. The number of halogens is 1. The number of carbonyl (C=O) groups excluding carboxylic acids is 2. The maximum Gasteiger partial charge on any atom is 0.261 e. The van der Waals surface area contributed by atoms with E-state index in [1.165, 1.54) is 0 Å². The third kappa shape index (κ3) is 7.06. The second-order valence-corrected chi connectivity index (χ2v) is 14.3. The number of fused-ring (bicyclic) bond motifs is 1. The molecular weight excluding hydrogens is 738 g/mol. The van der Waals surface area contributed by atoms with Gasteiger partial charge in [-0.15, -0.1) is 0 Å². The molecule has 274 valence electrons. The van der Waals surface area contributed by atoms with Gasteiger partial charge in [-0.3, -0.25) is 9.59 Å². The van der Waals surface area contributed by atoms with Gasteiger partial charge in [0.05, 0.1) is 36.8 Å². The van der Waals surface area contributed by atoms with Gasteiger partial charge in [-0.05, 0) is 108 Å². The molecule has 7 rings (SSSR count). The van der Waals surface area contributed by atoms with E-state index in [2.05, 4.69) is 71.1 Å². The first-order chi connectivity index (χ1) is 26.4. The minimum Gasteiger partial charge on any atom is -0.497 e. The highest BCUT2D eigenvalue weighted by atomic mass is 79.9. The van der Waals surface area contributed by atoms with E-state index in [0.717, 1.165) is 81.0 Å². The van der Waals surface area contributed by atoms with Crippen LogP contribution in [-0.4, -0.2) is 48.9 Å². The summed E-state index contributed by atoms with van der Waals surface area (Å²) in [6.07, 6.45) is 3.57. The van der Waals surface area contributed by atoms with Gasteiger partial charge in [-0.25, -0.2) is 0 Å². The molecule has 0 fully saturated rings. The highest BCUT2D eigenvalue weighted by Gasteiger charge is 2.48. The second kappa shape index (κ2) is 16.2. The van der Waals surface area contributed by atoms with Crippen molar-refractivity contribution in [2.75, 3.05) is 32.2 Å². The molecule has 0 spiro atoms. The summed E-state index contributed by atoms with van der Waals surface area (Å²) in [4.78, 5) is 34.6. The van der Waals surface area contributed by atoms with Gasteiger partial charge in [0.25, 0.3) is 11.8 Å². The molecule has 2 heterocycles. The number of benzene rings is 5. The third-order valence-corrected chi connectivity index (χ3v) is 10.6. The number of amides is 2. The molecule has 54 heavy (non-hydrogen) atoms. The zero-order chi connectivity index (χ0) is 37.8. The maximum atomic E-state index is 14.4. The van der Waals surface area contributed by atoms with E-state index in [4.69, 9.17) is 9.47 Å². The number of hydrogen-bond acceptors (Lipinski definition) is 5. The number of hydrogen-bond donors (Lipinski definition) is 0. The van der Waals surface area contributed by atoms with Crippen LogP contribution in [0.2, 0.25) is 0 Å². The molecule has 0 bridgehead atoms. The van der Waals surface area contributed by atoms with Gasteiger partial charge in [0, 0.05) is 34.6 Å². The van der Waals surface area contributed by atoms with Crippen LogP contribution in [0.4, 0.5) is 17.1 Å². The summed E-state index contributed by atoms with van der Waals surface area (Å²) in [6.45, 7) is 5.34. The molecule has 2 aliphatic heterocycles. The molecule has 5 aromatic carbocycles. The molecule has 0 aromatic heterocycles. The monoisotopic (exact) mass is 781 g/mol. The average Bonchev–Trinajstić information content (AvgIpc) is 3.66. The molecule has 0 radical (unpaired) electrons. The number of unbranched alkanes of at least 4 members (excludes halogenated alkanes) is 2. The number of anilines is 3. The van der Waals surface area contributed by atoms with Crippen molar-refractivity contribution in [2.45, 2.75) is 39.5 Å². The molecule has 7 nitrogen and oxygen atoms in total. The van der Waals surface area contributed by atoms with Crippen LogP contribution in [0.25, 0.3) is 22.5 Å². The number of rotatable bonds is 14. The zero-order valence-electron chi connectivity index (χ0n) is 31.1. The Labute approximate surface area is 326 Å². The number of ether oxygens (including phenoxy) is 2. The van der Waals surface area contributed by atoms with Gasteiger partial charge >= 0.3 is 0 Å². The maximum absolute atomic E-state index is 14.4. The van der Waals surface area contributed by atoms with E-state index in [9.17, 15) is 9.59 Å². The fourth-order valence-corrected chi connectivity index (χ4v) is 7.46. The van der Waals surface area contributed by atoms with Gasteiger partial charge in [-0.1, -0.05) is 91.1 Å². The van der Waals surface area contributed by atoms with E-state index in [1.54, 1.807) is 14.2 Å². The van der Waals surface area contributed by atoms with Crippen LogP contribution in [0.3, 0.4) is 0 Å². The van der Waals surface area contributed by atoms with Gasteiger partial charge in [-0.2, -0.15) is 0 Å². The Bertz CT molecular complexity index is 2140. The van der Waals surface area contributed by atoms with E-state index >= 15 is 0 Å². The first kappa shape index (κ1) is 36.7. The average molecular weight is 783 g/mol. The second-order valence-electron chi connectivity index (χ2n) is 13.4. The molecule has 0 aliphatic carbocycles. The summed E-state index contributed by atoms with van der Waals surface area (Å²) in [5.41, 5.74) is 9.27. The lowest BCUT2D eigenvalue weighted by atomic mass is 9.99. The van der Waals surface area contributed by atoms with Crippen LogP contribution in [0.15, 0.2) is 137 Å². The third-order valence-electron chi connectivity index (χ3n) is 10.0. The Morgan fingerprint density at radius 1 is 0.500 bits per heavy atom. The Balaban J connectivity index is 1.25. The first-order valence-electron chi connectivity index (χ1n) is 18.5. The summed E-state index contributed by atoms with van der Waals surface area (Å²) < 4.78 is 11.8. The Morgan fingerprint density at radius 2 is 0.833 bits per heavy atom. The standard InChI is InChI=1S/C46H44BrN3O4/c1-5-7-29-48-43(41-42(46(48)52)44(34-13-17-35(47)18-14-34)49(45(41)51)30-8-6-2)33-11-9-31(10-12-33)32-15-19-36(20-16-32)50(37-21-25-39(53-3)26-22-37)38-23-27-40(54-4)28-24-38/h9-28H,5-8,29-30H2,1-4H3. The fraction of sp³-hybridized carbons (Fsp3) is 0.217. The van der Waals surface area contributed by atoms with Crippen LogP contribution in [0.1, 0.15) is 50.7 Å². The summed E-state index contributed by atoms with van der Waals surface area (Å²) in [5.74, 6) is 1.39. The molecule has 0 unspecified atom stereocenters. The molecule has 0 N–H and O–H groups in total. The molecule has 5 aromatic rings. The predicted molar refractivity (Wildman–Crippen MR) is 221 cm³/mol. The van der Waals surface area contributed by atoms with Crippen LogP contribution < -0.4 is 14.4 Å². The number of nitrogens with zero attached hydrogens (tertiary/aromatic N) is 3. The Hall–Kier alpha value is -5.60. The van der Waals surface area contributed by atoms with Gasteiger partial charge in [0.15, 0.2) is 0 Å². The highest BCUT2D eigenvalue weighted by Crippen LogP contribution is 2.47. The lowest BCUT2D eigenvalue weighted by molar-refractivity contribution is -0.124. The van der Waals surface area contributed by atoms with Crippen LogP contribution in [-0.2, 0) is 9.59 Å². The van der Waals surface area contributed by atoms with E-state index < -0.39 is 0 Å². The molecule has 8 heteroatoms. The highest BCUT2D eigenvalue weighted by molar-refractivity contribution is 9.10. The van der Waals surface area contributed by atoms with Crippen molar-refractivity contribution in [1.82, 2.24) is 9.80 Å². The first-order valence-corrected chi connectivity index (χ1v) is 19.3. The molecule has 0 atom stereocenters. The quantitative estimate of drug-likeness (QED) is 0.112.